The van der Waals surface area contributed by atoms with Crippen LogP contribution in [-0.4, -0.2) is 24.5 Å². The van der Waals surface area contributed by atoms with Gasteiger partial charge in [0.05, 0.1) is 12.7 Å². The van der Waals surface area contributed by atoms with Gasteiger partial charge in [-0.15, -0.1) is 0 Å². The molecule has 28 heavy (non-hydrogen) atoms. The second-order valence-electron chi connectivity index (χ2n) is 7.10. The topological polar surface area (TPSA) is 97.4 Å². The standard InChI is InChI=1S/C17H19F3N4O.3H2S/c1-15(7-21)6-11-13(16(2,19)20)25-8-17(11,24-14(15)23)10-5-9(22)3-4-12(10)18;;;/h3-5,11,13H,6,8,22H2,1-2H3,(H2,23,24);3*1H2/t11-,13+,15?,17-;;;/m1.../s1. The fraction of sp³-hybridized carbons (Fsp3) is 0.529. The molecule has 1 aromatic rings. The van der Waals surface area contributed by atoms with Crippen molar-refractivity contribution in [1.29, 1.82) is 5.26 Å². The lowest BCUT2D eigenvalue weighted by Crippen LogP contribution is -2.52. The Kier molecular flexibility index (Phi) is 8.27. The normalized spacial score (nSPS) is 31.2. The van der Waals surface area contributed by atoms with Crippen LogP contribution in [0.15, 0.2) is 23.2 Å². The van der Waals surface area contributed by atoms with E-state index in [9.17, 15) is 18.4 Å². The molecule has 1 saturated heterocycles. The van der Waals surface area contributed by atoms with E-state index in [1.165, 1.54) is 19.1 Å². The average Bonchev–Trinajstić information content (AvgIpc) is 2.89. The number of nitrogen functional groups attached to an aromatic ring is 1. The third-order valence-electron chi connectivity index (χ3n) is 5.18. The summed E-state index contributed by atoms with van der Waals surface area (Å²) in [6.45, 7) is 2.03. The fourth-order valence-electron chi connectivity index (χ4n) is 3.78. The molecule has 0 radical (unpaired) electrons. The number of halogens is 3. The molecule has 1 unspecified atom stereocenters. The molecule has 3 rings (SSSR count). The first-order chi connectivity index (χ1) is 11.5. The number of rotatable bonds is 2. The van der Waals surface area contributed by atoms with Crippen molar-refractivity contribution in [3.8, 4) is 6.07 Å². The predicted molar refractivity (Wildman–Crippen MR) is 117 cm³/mol. The lowest BCUT2D eigenvalue weighted by Gasteiger charge is -2.42. The van der Waals surface area contributed by atoms with E-state index in [-0.39, 0.29) is 70.6 Å². The Morgan fingerprint density at radius 2 is 1.89 bits per heavy atom. The van der Waals surface area contributed by atoms with Gasteiger partial charge in [0, 0.05) is 24.1 Å². The molecular weight excluding hydrogens is 429 g/mol. The molecule has 158 valence electrons. The molecule has 4 N–H and O–H groups in total. The van der Waals surface area contributed by atoms with Crippen LogP contribution < -0.4 is 11.5 Å². The predicted octanol–water partition coefficient (Wildman–Crippen LogP) is 2.90. The highest BCUT2D eigenvalue weighted by Crippen LogP contribution is 2.54. The zero-order valence-electron chi connectivity index (χ0n) is 15.4. The van der Waals surface area contributed by atoms with Crippen LogP contribution in [0.2, 0.25) is 0 Å². The molecule has 1 aromatic carbocycles. The number of benzene rings is 1. The summed E-state index contributed by atoms with van der Waals surface area (Å²) < 4.78 is 48.1. The maximum atomic E-state index is 14.5. The van der Waals surface area contributed by atoms with Crippen LogP contribution in [0.5, 0.6) is 0 Å². The molecule has 4 atom stereocenters. The number of ether oxygens (including phenoxy) is 1. The molecule has 1 fully saturated rings. The van der Waals surface area contributed by atoms with Crippen LogP contribution in [0, 0.1) is 28.5 Å². The summed E-state index contributed by atoms with van der Waals surface area (Å²) in [5.74, 6) is -4.74. The van der Waals surface area contributed by atoms with Gasteiger partial charge in [-0.05, 0) is 31.5 Å². The second kappa shape index (κ2) is 8.65. The lowest BCUT2D eigenvalue weighted by molar-refractivity contribution is -0.118. The number of hydrogen-bond acceptors (Lipinski definition) is 5. The lowest BCUT2D eigenvalue weighted by atomic mass is 9.66. The van der Waals surface area contributed by atoms with Crippen LogP contribution >= 0.6 is 40.5 Å². The number of nitriles is 1. The molecule has 2 aliphatic rings. The summed E-state index contributed by atoms with van der Waals surface area (Å²) >= 11 is 0. The minimum Gasteiger partial charge on any atom is -0.399 e. The van der Waals surface area contributed by atoms with Crippen molar-refractivity contribution in [2.75, 3.05) is 12.3 Å². The summed E-state index contributed by atoms with van der Waals surface area (Å²) in [6.07, 6.45) is -1.51. The highest BCUT2D eigenvalue weighted by Gasteiger charge is 2.62. The number of hydrogen-bond donors (Lipinski definition) is 2. The summed E-state index contributed by atoms with van der Waals surface area (Å²) in [5, 5.41) is 9.45. The summed E-state index contributed by atoms with van der Waals surface area (Å²) in [5.41, 5.74) is 9.43. The van der Waals surface area contributed by atoms with Crippen LogP contribution in [-0.2, 0) is 10.3 Å². The summed E-state index contributed by atoms with van der Waals surface area (Å²) in [7, 11) is 0. The van der Waals surface area contributed by atoms with Crippen molar-refractivity contribution in [2.24, 2.45) is 22.1 Å². The van der Waals surface area contributed by atoms with Crippen molar-refractivity contribution in [2.45, 2.75) is 37.8 Å². The first-order valence-corrected chi connectivity index (χ1v) is 7.85. The number of aliphatic imine (C=N–C) groups is 1. The fourth-order valence-corrected chi connectivity index (χ4v) is 3.78. The molecule has 2 heterocycles. The largest absolute Gasteiger partial charge is 0.399 e. The zero-order chi connectivity index (χ0) is 18.6. The summed E-state index contributed by atoms with van der Waals surface area (Å²) in [4.78, 5) is 4.35. The maximum absolute atomic E-state index is 14.5. The first-order valence-electron chi connectivity index (χ1n) is 7.85. The Morgan fingerprint density at radius 3 is 2.43 bits per heavy atom. The van der Waals surface area contributed by atoms with E-state index in [2.05, 4.69) is 4.99 Å². The van der Waals surface area contributed by atoms with Gasteiger partial charge in [0.15, 0.2) is 0 Å². The van der Waals surface area contributed by atoms with Crippen LogP contribution in [0.4, 0.5) is 18.9 Å². The summed E-state index contributed by atoms with van der Waals surface area (Å²) in [6, 6.07) is 5.94. The van der Waals surface area contributed by atoms with E-state index < -0.39 is 34.7 Å². The third kappa shape index (κ3) is 4.06. The van der Waals surface area contributed by atoms with Gasteiger partial charge >= 0.3 is 0 Å². The number of nitrogens with two attached hydrogens (primary N) is 2. The Morgan fingerprint density at radius 1 is 1.29 bits per heavy atom. The molecular formula is C17H25F3N4OS3. The quantitative estimate of drug-likeness (QED) is 0.672. The van der Waals surface area contributed by atoms with E-state index in [1.54, 1.807) is 0 Å². The number of nitrogens with zero attached hydrogens (tertiary/aromatic N) is 2. The Hall–Kier alpha value is -1.22. The van der Waals surface area contributed by atoms with Gasteiger partial charge in [0.1, 0.15) is 28.7 Å². The number of amidine groups is 1. The van der Waals surface area contributed by atoms with Crippen LogP contribution in [0.3, 0.4) is 0 Å². The first kappa shape index (κ1) is 26.8. The Bertz CT molecular complexity index is 799. The molecule has 2 aliphatic heterocycles. The zero-order valence-corrected chi connectivity index (χ0v) is 18.4. The maximum Gasteiger partial charge on any atom is 0.271 e. The van der Waals surface area contributed by atoms with E-state index in [0.717, 1.165) is 13.0 Å². The minimum atomic E-state index is -3.18. The van der Waals surface area contributed by atoms with Gasteiger partial charge in [0.25, 0.3) is 5.92 Å². The third-order valence-corrected chi connectivity index (χ3v) is 5.18. The highest BCUT2D eigenvalue weighted by molar-refractivity contribution is 7.59. The van der Waals surface area contributed by atoms with Crippen molar-refractivity contribution in [3.63, 3.8) is 0 Å². The molecule has 5 nitrogen and oxygen atoms in total. The monoisotopic (exact) mass is 454 g/mol. The van der Waals surface area contributed by atoms with E-state index in [0.29, 0.717) is 0 Å². The van der Waals surface area contributed by atoms with Crippen molar-refractivity contribution >= 4 is 52.0 Å². The average molecular weight is 455 g/mol. The van der Waals surface area contributed by atoms with E-state index in [1.807, 2.05) is 6.07 Å². The molecule has 0 bridgehead atoms. The van der Waals surface area contributed by atoms with Gasteiger partial charge in [-0.3, -0.25) is 4.99 Å². The molecule has 0 spiro atoms. The van der Waals surface area contributed by atoms with Crippen LogP contribution in [0.1, 0.15) is 25.8 Å². The van der Waals surface area contributed by atoms with Gasteiger partial charge in [-0.2, -0.15) is 45.7 Å². The van der Waals surface area contributed by atoms with Crippen molar-refractivity contribution < 1.29 is 17.9 Å². The van der Waals surface area contributed by atoms with Gasteiger partial charge in [0.2, 0.25) is 0 Å². The molecule has 11 heteroatoms. The van der Waals surface area contributed by atoms with Gasteiger partial charge in [-0.1, -0.05) is 0 Å². The Balaban J connectivity index is 0.00000243. The minimum absolute atomic E-state index is 0. The molecule has 0 aromatic heterocycles. The van der Waals surface area contributed by atoms with Crippen LogP contribution in [0.25, 0.3) is 0 Å². The van der Waals surface area contributed by atoms with Gasteiger partial charge in [-0.25, -0.2) is 13.2 Å². The second-order valence-corrected chi connectivity index (χ2v) is 7.10. The number of fused-ring (bicyclic) bond motifs is 1. The smallest absolute Gasteiger partial charge is 0.271 e. The van der Waals surface area contributed by atoms with E-state index >= 15 is 0 Å². The SMILES string of the molecule is CC1(C#N)C[C@@H]2[C@@H](C(C)(F)F)OC[C@]2(c2cc(N)ccc2F)N=C1N.S.S.S. The van der Waals surface area contributed by atoms with E-state index in [4.69, 9.17) is 16.2 Å². The highest BCUT2D eigenvalue weighted by atomic mass is 32.1. The number of anilines is 1. The molecule has 0 amide bonds. The Labute approximate surface area is 183 Å². The van der Waals surface area contributed by atoms with Gasteiger partial charge < -0.3 is 16.2 Å². The molecule has 0 saturated carbocycles. The number of alkyl halides is 2. The molecule has 0 aliphatic carbocycles. The van der Waals surface area contributed by atoms with Crippen molar-refractivity contribution in [1.82, 2.24) is 0 Å². The van der Waals surface area contributed by atoms with Crippen molar-refractivity contribution in [3.05, 3.63) is 29.6 Å².